The molecule has 0 bridgehead atoms. The van der Waals surface area contributed by atoms with Crippen molar-refractivity contribution in [2.24, 2.45) is 4.99 Å². The fraction of sp³-hybridized carbons (Fsp3) is 0.292. The summed E-state index contributed by atoms with van der Waals surface area (Å²) in [5, 5.41) is 13.1. The molecule has 0 radical (unpaired) electrons. The predicted octanol–water partition coefficient (Wildman–Crippen LogP) is 4.80. The fourth-order valence-electron chi connectivity index (χ4n) is 3.89. The van der Waals surface area contributed by atoms with Crippen molar-refractivity contribution < 1.29 is 13.6 Å². The first-order valence-corrected chi connectivity index (χ1v) is 13.8. The predicted molar refractivity (Wildman–Crippen MR) is 138 cm³/mol. The van der Waals surface area contributed by atoms with Gasteiger partial charge in [0, 0.05) is 16.4 Å². The molecule has 10 heteroatoms. The minimum Gasteiger partial charge on any atom is -0.615 e. The number of thioether (sulfide) groups is 1. The third-order valence-corrected chi connectivity index (χ3v) is 9.15. The number of hydrogen-bond donors (Lipinski definition) is 1. The Balaban J connectivity index is 1.62. The standard InChI is InChI=1S/C24H23ClN4O3S2/c1-15(2)16-3-9-20(10-4-16)29-21-13-34(31,32)14-22(21)33-24(29)27-12-17(11-26)23(30)28-19-7-5-18(25)6-8-19/h3-10,12,15,21-22H,13-14H2,1-2H3,(H-,28,30,31,32)/b17-12-,27-24?. The molecule has 2 aliphatic heterocycles. The van der Waals surface area contributed by atoms with Gasteiger partial charge in [0.25, 0.3) is 5.91 Å². The van der Waals surface area contributed by atoms with E-state index in [0.717, 1.165) is 5.69 Å². The van der Waals surface area contributed by atoms with Gasteiger partial charge in [-0.1, -0.05) is 49.3 Å². The summed E-state index contributed by atoms with van der Waals surface area (Å²) in [6, 6.07) is 16.1. The molecule has 34 heavy (non-hydrogen) atoms. The van der Waals surface area contributed by atoms with Crippen LogP contribution < -0.4 is 10.2 Å². The number of amides is 1. The molecule has 176 valence electrons. The maximum absolute atomic E-state index is 12.6. The van der Waals surface area contributed by atoms with Crippen LogP contribution in [0.25, 0.3) is 0 Å². The van der Waals surface area contributed by atoms with Crippen LogP contribution in [0.4, 0.5) is 11.4 Å². The van der Waals surface area contributed by atoms with E-state index in [2.05, 4.69) is 24.2 Å². The molecule has 0 saturated carbocycles. The fourth-order valence-corrected chi connectivity index (χ4v) is 7.90. The van der Waals surface area contributed by atoms with E-state index in [1.54, 1.807) is 24.3 Å². The van der Waals surface area contributed by atoms with Gasteiger partial charge in [-0.3, -0.25) is 4.79 Å². The van der Waals surface area contributed by atoms with Crippen LogP contribution in [0, 0.1) is 11.3 Å². The van der Waals surface area contributed by atoms with Gasteiger partial charge in [-0.15, -0.1) is 4.21 Å². The average Bonchev–Trinajstić information content (AvgIpc) is 3.26. The number of halogens is 1. The zero-order valence-corrected chi connectivity index (χ0v) is 21.0. The number of hydrogen-bond acceptors (Lipinski definition) is 6. The molecule has 1 amide bonds. The molecule has 7 nitrogen and oxygen atoms in total. The number of benzene rings is 2. The van der Waals surface area contributed by atoms with Crippen molar-refractivity contribution in [3.05, 3.63) is 70.9 Å². The molecule has 0 spiro atoms. The van der Waals surface area contributed by atoms with Gasteiger partial charge in [0.15, 0.2) is 5.17 Å². The molecule has 3 unspecified atom stereocenters. The lowest BCUT2D eigenvalue weighted by Crippen LogP contribution is -2.37. The van der Waals surface area contributed by atoms with Crippen LogP contribution in [0.3, 0.4) is 0 Å². The van der Waals surface area contributed by atoms with Crippen molar-refractivity contribution in [1.29, 1.82) is 5.26 Å². The zero-order valence-electron chi connectivity index (χ0n) is 18.6. The highest BCUT2D eigenvalue weighted by Gasteiger charge is 2.52. The van der Waals surface area contributed by atoms with Gasteiger partial charge < -0.3 is 14.8 Å². The van der Waals surface area contributed by atoms with E-state index in [1.807, 2.05) is 35.2 Å². The maximum atomic E-state index is 12.6. The second kappa shape index (κ2) is 9.92. The quantitative estimate of drug-likeness (QED) is 0.349. The minimum atomic E-state index is -3.14. The van der Waals surface area contributed by atoms with Crippen LogP contribution in [0.2, 0.25) is 5.02 Å². The average molecular weight is 515 g/mol. The summed E-state index contributed by atoms with van der Waals surface area (Å²) >= 11 is 7.23. The number of fused-ring (bicyclic) bond motifs is 1. The summed E-state index contributed by atoms with van der Waals surface area (Å²) in [6.07, 6.45) is 1.23. The Labute approximate surface area is 209 Å². The largest absolute Gasteiger partial charge is 0.615 e. The Hall–Kier alpha value is -2.64. The first-order valence-electron chi connectivity index (χ1n) is 10.7. The molecular formula is C24H23ClN4O3S2. The van der Waals surface area contributed by atoms with Crippen LogP contribution >= 0.6 is 23.4 Å². The minimum absolute atomic E-state index is 0.0431. The van der Waals surface area contributed by atoms with Crippen molar-refractivity contribution in [1.82, 2.24) is 0 Å². The lowest BCUT2D eigenvalue weighted by atomic mass is 10.0. The van der Waals surface area contributed by atoms with E-state index in [-0.39, 0.29) is 28.4 Å². The van der Waals surface area contributed by atoms with Gasteiger partial charge >= 0.3 is 0 Å². The van der Waals surface area contributed by atoms with Crippen molar-refractivity contribution >= 4 is 56.0 Å². The number of rotatable bonds is 5. The lowest BCUT2D eigenvalue weighted by Gasteiger charge is -2.24. The summed E-state index contributed by atoms with van der Waals surface area (Å²) in [6.45, 7) is 4.22. The van der Waals surface area contributed by atoms with Crippen molar-refractivity contribution in [3.63, 3.8) is 0 Å². The van der Waals surface area contributed by atoms with E-state index in [4.69, 9.17) is 11.6 Å². The normalized spacial score (nSPS) is 25.5. The molecule has 3 atom stereocenters. The molecule has 0 aliphatic carbocycles. The molecule has 1 N–H and O–H groups in total. The highest BCUT2D eigenvalue weighted by molar-refractivity contribution is 8.16. The van der Waals surface area contributed by atoms with Crippen LogP contribution in [0.15, 0.2) is 65.3 Å². The number of sulfone groups is 1. The summed E-state index contributed by atoms with van der Waals surface area (Å²) in [7, 11) is -3.14. The number of carbonyl (C=O) groups excluding carboxylic acids is 1. The van der Waals surface area contributed by atoms with Gasteiger partial charge in [0.05, 0.1) is 27.7 Å². The number of carbonyl (C=O) groups is 1. The highest BCUT2D eigenvalue weighted by Crippen LogP contribution is 2.42. The van der Waals surface area contributed by atoms with Crippen molar-refractivity contribution in [2.45, 2.75) is 31.1 Å². The van der Waals surface area contributed by atoms with E-state index in [1.165, 1.54) is 23.5 Å². The Morgan fingerprint density at radius 3 is 2.56 bits per heavy atom. The summed E-state index contributed by atoms with van der Waals surface area (Å²) in [5.41, 5.74) is 2.35. The van der Waals surface area contributed by atoms with Gasteiger partial charge in [-0.25, -0.2) is 4.99 Å². The molecule has 2 aromatic rings. The van der Waals surface area contributed by atoms with Gasteiger partial charge in [-0.05, 0) is 47.9 Å². The summed E-state index contributed by atoms with van der Waals surface area (Å²) < 4.78 is 24.5. The van der Waals surface area contributed by atoms with E-state index < -0.39 is 16.1 Å². The SMILES string of the molecule is CC(C)c1ccc(N2C(=N/C=C(/C#N)C(=O)Nc3ccc(Cl)cc3)SC3C[S+](=O)([O-])CC32)cc1. The maximum Gasteiger partial charge on any atom is 0.267 e. The molecule has 2 aromatic carbocycles. The zero-order chi connectivity index (χ0) is 24.5. The second-order valence-corrected chi connectivity index (χ2v) is 12.2. The lowest BCUT2D eigenvalue weighted by molar-refractivity contribution is -0.112. The molecule has 4 rings (SSSR count). The van der Waals surface area contributed by atoms with Crippen LogP contribution in [0.1, 0.15) is 25.3 Å². The Kier molecular flexibility index (Phi) is 7.14. The van der Waals surface area contributed by atoms with Gasteiger partial charge in [0.1, 0.15) is 23.1 Å². The summed E-state index contributed by atoms with van der Waals surface area (Å²) in [4.78, 5) is 18.9. The van der Waals surface area contributed by atoms with Gasteiger partial charge in [0.2, 0.25) is 0 Å². The Morgan fingerprint density at radius 1 is 1.26 bits per heavy atom. The van der Waals surface area contributed by atoms with Crippen LogP contribution in [-0.2, 0) is 19.2 Å². The molecule has 2 heterocycles. The van der Waals surface area contributed by atoms with E-state index >= 15 is 0 Å². The number of nitriles is 1. The molecule has 2 aliphatic rings. The molecule has 2 saturated heterocycles. The van der Waals surface area contributed by atoms with Crippen LogP contribution in [0.5, 0.6) is 0 Å². The molecule has 2 fully saturated rings. The second-order valence-electron chi connectivity index (χ2n) is 8.44. The third kappa shape index (κ3) is 5.36. The van der Waals surface area contributed by atoms with Crippen LogP contribution in [-0.4, -0.2) is 38.4 Å². The first-order chi connectivity index (χ1) is 16.2. The van der Waals surface area contributed by atoms with Crippen molar-refractivity contribution in [2.75, 3.05) is 21.7 Å². The number of amidine groups is 1. The molecule has 0 aromatic heterocycles. The first kappa shape index (κ1) is 24.5. The van der Waals surface area contributed by atoms with Crippen molar-refractivity contribution in [3.8, 4) is 6.07 Å². The monoisotopic (exact) mass is 514 g/mol. The molecular weight excluding hydrogens is 492 g/mol. The van der Waals surface area contributed by atoms with E-state index in [0.29, 0.717) is 21.8 Å². The number of anilines is 2. The number of aliphatic imine (C=N–C) groups is 1. The summed E-state index contributed by atoms with van der Waals surface area (Å²) in [5.74, 6) is -0.0993. The Bertz CT molecular complexity index is 1240. The van der Waals surface area contributed by atoms with Gasteiger partial charge in [-0.2, -0.15) is 5.26 Å². The smallest absolute Gasteiger partial charge is 0.267 e. The number of nitrogens with one attached hydrogen (secondary N) is 1. The van der Waals surface area contributed by atoms with E-state index in [9.17, 15) is 18.8 Å². The topological polar surface area (TPSA) is 109 Å². The third-order valence-electron chi connectivity index (χ3n) is 5.68. The highest BCUT2D eigenvalue weighted by atomic mass is 35.5. The Morgan fingerprint density at radius 2 is 1.94 bits per heavy atom. The number of nitrogens with zero attached hydrogens (tertiary/aromatic N) is 3.